The van der Waals surface area contributed by atoms with Gasteiger partial charge in [0.25, 0.3) is 11.8 Å². The summed E-state index contributed by atoms with van der Waals surface area (Å²) in [5, 5.41) is 14.4. The molecule has 0 bridgehead atoms. The summed E-state index contributed by atoms with van der Waals surface area (Å²) < 4.78 is 11.1. The molecule has 1 aliphatic carbocycles. The summed E-state index contributed by atoms with van der Waals surface area (Å²) in [6.45, 7) is 0.382. The first kappa shape index (κ1) is 26.0. The number of hydrogen-bond acceptors (Lipinski definition) is 5. The molecule has 0 saturated heterocycles. The number of nitrogens with one attached hydrogen (secondary N) is 2. The second kappa shape index (κ2) is 12.7. The Labute approximate surface area is 217 Å². The molecule has 3 aromatic rings. The number of amides is 2. The Morgan fingerprint density at radius 1 is 1.00 bits per heavy atom. The zero-order valence-corrected chi connectivity index (χ0v) is 20.9. The molecule has 0 aromatic heterocycles. The van der Waals surface area contributed by atoms with E-state index in [0.717, 1.165) is 23.3 Å². The van der Waals surface area contributed by atoms with E-state index >= 15 is 0 Å². The van der Waals surface area contributed by atoms with Gasteiger partial charge in [0, 0.05) is 18.5 Å². The molecule has 0 atom stereocenters. The molecule has 4 rings (SSSR count). The number of carbonyl (C=O) groups excluding carboxylic acids is 2. The van der Waals surface area contributed by atoms with Gasteiger partial charge in [0.05, 0.1) is 20.3 Å². The van der Waals surface area contributed by atoms with Gasteiger partial charge in [0.2, 0.25) is 0 Å². The van der Waals surface area contributed by atoms with Crippen LogP contribution in [0.25, 0.3) is 6.08 Å². The van der Waals surface area contributed by atoms with Crippen molar-refractivity contribution in [2.75, 3.05) is 26.9 Å². The van der Waals surface area contributed by atoms with E-state index in [2.05, 4.69) is 22.8 Å². The maximum atomic E-state index is 12.9. The summed E-state index contributed by atoms with van der Waals surface area (Å²) in [4.78, 5) is 25.6. The van der Waals surface area contributed by atoms with Crippen LogP contribution in [0.3, 0.4) is 0 Å². The van der Waals surface area contributed by atoms with Gasteiger partial charge in [-0.3, -0.25) is 9.59 Å². The molecule has 0 heterocycles. The molecule has 3 aromatic carbocycles. The molecule has 7 nitrogen and oxygen atoms in total. The van der Waals surface area contributed by atoms with Crippen molar-refractivity contribution in [3.63, 3.8) is 0 Å². The van der Waals surface area contributed by atoms with Gasteiger partial charge in [-0.15, -0.1) is 0 Å². The largest absolute Gasteiger partial charge is 0.497 e. The molecule has 7 heteroatoms. The van der Waals surface area contributed by atoms with Crippen molar-refractivity contribution in [1.82, 2.24) is 10.6 Å². The van der Waals surface area contributed by atoms with Crippen molar-refractivity contribution in [2.24, 2.45) is 0 Å². The lowest BCUT2D eigenvalue weighted by atomic mass is 10.1. The summed E-state index contributed by atoms with van der Waals surface area (Å²) in [6, 6.07) is 22.6. The number of carbonyl (C=O) groups is 2. The summed E-state index contributed by atoms with van der Waals surface area (Å²) in [6.07, 6.45) is 4.79. The maximum Gasteiger partial charge on any atom is 0.267 e. The van der Waals surface area contributed by atoms with Gasteiger partial charge in [0.15, 0.2) is 0 Å². The quantitative estimate of drug-likeness (QED) is 0.326. The Balaban J connectivity index is 1.37. The minimum absolute atomic E-state index is 0.0917. The fraction of sp³-hybridized carbons (Fsp3) is 0.267. The first-order valence-corrected chi connectivity index (χ1v) is 12.4. The van der Waals surface area contributed by atoms with Crippen molar-refractivity contribution >= 4 is 17.9 Å². The summed E-state index contributed by atoms with van der Waals surface area (Å²) in [5.41, 5.74) is 3.70. The zero-order valence-electron chi connectivity index (χ0n) is 20.9. The van der Waals surface area contributed by atoms with Gasteiger partial charge >= 0.3 is 0 Å². The van der Waals surface area contributed by atoms with E-state index < -0.39 is 11.8 Å². The summed E-state index contributed by atoms with van der Waals surface area (Å²) >= 11 is 0. The number of aliphatic hydroxyl groups is 1. The van der Waals surface area contributed by atoms with Crippen LogP contribution in [-0.4, -0.2) is 43.8 Å². The Kier molecular flexibility index (Phi) is 8.94. The van der Waals surface area contributed by atoms with Gasteiger partial charge in [-0.05, 0) is 77.9 Å². The highest BCUT2D eigenvalue weighted by Crippen LogP contribution is 2.39. The van der Waals surface area contributed by atoms with Crippen molar-refractivity contribution < 1.29 is 24.2 Å². The SMILES string of the molecule is COc1cccc(CCOc2ccc(C(=O)N/C(=C/c3ccc(C4CC4)cc3)C(=O)NCCO)cc2)c1. The van der Waals surface area contributed by atoms with Gasteiger partial charge in [-0.2, -0.15) is 0 Å². The average molecular weight is 501 g/mol. The Bertz CT molecular complexity index is 1230. The van der Waals surface area contributed by atoms with E-state index in [1.165, 1.54) is 18.4 Å². The van der Waals surface area contributed by atoms with Gasteiger partial charge < -0.3 is 25.2 Å². The Hall–Kier alpha value is -4.10. The first-order chi connectivity index (χ1) is 18.1. The second-order valence-electron chi connectivity index (χ2n) is 8.91. The minimum Gasteiger partial charge on any atom is -0.497 e. The monoisotopic (exact) mass is 500 g/mol. The number of benzene rings is 3. The Morgan fingerprint density at radius 2 is 1.76 bits per heavy atom. The number of methoxy groups -OCH3 is 1. The molecule has 0 unspecified atom stereocenters. The molecular formula is C30H32N2O5. The third kappa shape index (κ3) is 7.69. The van der Waals surface area contributed by atoms with Crippen LogP contribution in [0.1, 0.15) is 45.8 Å². The lowest BCUT2D eigenvalue weighted by molar-refractivity contribution is -0.117. The lowest BCUT2D eigenvalue weighted by Gasteiger charge is -2.12. The normalized spacial score (nSPS) is 13.1. The molecule has 1 saturated carbocycles. The van der Waals surface area contributed by atoms with Crippen molar-refractivity contribution in [3.8, 4) is 11.5 Å². The number of hydrogen-bond donors (Lipinski definition) is 3. The van der Waals surface area contributed by atoms with E-state index in [9.17, 15) is 9.59 Å². The fourth-order valence-corrected chi connectivity index (χ4v) is 3.88. The molecular weight excluding hydrogens is 468 g/mol. The summed E-state index contributed by atoms with van der Waals surface area (Å²) in [5.74, 6) is 1.21. The highest BCUT2D eigenvalue weighted by molar-refractivity contribution is 6.05. The second-order valence-corrected chi connectivity index (χ2v) is 8.91. The molecule has 1 aliphatic rings. The topological polar surface area (TPSA) is 96.9 Å². The van der Waals surface area contributed by atoms with Gasteiger partial charge in [0.1, 0.15) is 17.2 Å². The average Bonchev–Trinajstić information content (AvgIpc) is 3.78. The molecule has 0 radical (unpaired) electrons. The van der Waals surface area contributed by atoms with Crippen LogP contribution in [-0.2, 0) is 11.2 Å². The fourth-order valence-electron chi connectivity index (χ4n) is 3.88. The van der Waals surface area contributed by atoms with Crippen LogP contribution < -0.4 is 20.1 Å². The molecule has 2 amide bonds. The number of rotatable bonds is 12. The van der Waals surface area contributed by atoms with E-state index in [1.807, 2.05) is 36.4 Å². The molecule has 0 aliphatic heterocycles. The van der Waals surface area contributed by atoms with Crippen molar-refractivity contribution in [1.29, 1.82) is 0 Å². The van der Waals surface area contributed by atoms with E-state index in [1.54, 1.807) is 37.5 Å². The number of ether oxygens (including phenoxy) is 2. The van der Waals surface area contributed by atoms with Gasteiger partial charge in [-0.1, -0.05) is 36.4 Å². The van der Waals surface area contributed by atoms with Gasteiger partial charge in [-0.25, -0.2) is 0 Å². The van der Waals surface area contributed by atoms with Crippen LogP contribution in [0.15, 0.2) is 78.5 Å². The Morgan fingerprint density at radius 3 is 2.43 bits per heavy atom. The predicted octanol–water partition coefficient (Wildman–Crippen LogP) is 4.07. The van der Waals surface area contributed by atoms with Crippen molar-refractivity contribution in [3.05, 3.63) is 101 Å². The van der Waals surface area contributed by atoms with Crippen LogP contribution in [0.5, 0.6) is 11.5 Å². The highest BCUT2D eigenvalue weighted by atomic mass is 16.5. The number of aliphatic hydroxyl groups excluding tert-OH is 1. The smallest absolute Gasteiger partial charge is 0.267 e. The van der Waals surface area contributed by atoms with Crippen LogP contribution in [0.4, 0.5) is 0 Å². The maximum absolute atomic E-state index is 12.9. The van der Waals surface area contributed by atoms with Crippen molar-refractivity contribution in [2.45, 2.75) is 25.2 Å². The zero-order chi connectivity index (χ0) is 26.0. The third-order valence-electron chi connectivity index (χ3n) is 6.10. The highest BCUT2D eigenvalue weighted by Gasteiger charge is 2.23. The van der Waals surface area contributed by atoms with Crippen LogP contribution in [0, 0.1) is 0 Å². The van der Waals surface area contributed by atoms with Crippen LogP contribution in [0.2, 0.25) is 0 Å². The lowest BCUT2D eigenvalue weighted by Crippen LogP contribution is -2.36. The minimum atomic E-state index is -0.467. The molecule has 37 heavy (non-hydrogen) atoms. The van der Waals surface area contributed by atoms with E-state index in [-0.39, 0.29) is 18.8 Å². The third-order valence-corrected chi connectivity index (χ3v) is 6.10. The van der Waals surface area contributed by atoms with E-state index in [4.69, 9.17) is 14.6 Å². The van der Waals surface area contributed by atoms with E-state index in [0.29, 0.717) is 23.8 Å². The predicted molar refractivity (Wildman–Crippen MR) is 143 cm³/mol. The molecule has 1 fully saturated rings. The molecule has 192 valence electrons. The van der Waals surface area contributed by atoms with Crippen LogP contribution >= 0.6 is 0 Å². The summed E-state index contributed by atoms with van der Waals surface area (Å²) in [7, 11) is 1.64. The molecule has 3 N–H and O–H groups in total. The molecule has 0 spiro atoms. The standard InChI is InChI=1S/C30H32N2O5/c1-36-27-4-2-3-21(19-27)15-18-37-26-13-11-25(12-14-26)29(34)32-28(30(35)31-16-17-33)20-22-5-7-23(8-6-22)24-9-10-24/h2-8,11-14,19-20,24,33H,9-10,15-18H2,1H3,(H,31,35)(H,32,34)/b28-20+. The first-order valence-electron chi connectivity index (χ1n) is 12.4.